The molecule has 0 amide bonds. The van der Waals surface area contributed by atoms with Crippen molar-refractivity contribution in [3.8, 4) is 0 Å². The zero-order valence-electron chi connectivity index (χ0n) is 14.2. The van der Waals surface area contributed by atoms with E-state index in [1.165, 1.54) is 26.0 Å². The standard InChI is InChI=1S/C12H13N3O2.C5H8O2.Ir/c16-9-7-8(13-1-2-13)12(17)11(15-5-6-15)10(9)14-3-4-14;1-4(6)3-5(2)7;/h7H,1-6H2;3,6H,1-2H3;/b;4-3-;. The molecule has 1 aliphatic carbocycles. The normalized spacial score (nSPS) is 21.3. The first kappa shape index (κ1) is 19.4. The molecular weight excluding hydrogens is 502 g/mol. The summed E-state index contributed by atoms with van der Waals surface area (Å²) in [6.45, 7) is 8.25. The van der Waals surface area contributed by atoms with Crippen LogP contribution in [0.25, 0.3) is 0 Å². The molecule has 3 heterocycles. The molecule has 25 heavy (non-hydrogen) atoms. The van der Waals surface area contributed by atoms with E-state index in [2.05, 4.69) is 0 Å². The van der Waals surface area contributed by atoms with E-state index in [0.717, 1.165) is 39.3 Å². The van der Waals surface area contributed by atoms with E-state index in [9.17, 15) is 14.4 Å². The summed E-state index contributed by atoms with van der Waals surface area (Å²) in [5, 5.41) is 8.36. The summed E-state index contributed by atoms with van der Waals surface area (Å²) in [7, 11) is 0. The average molecular weight is 524 g/mol. The first-order chi connectivity index (χ1) is 11.4. The van der Waals surface area contributed by atoms with Crippen LogP contribution in [0.2, 0.25) is 0 Å². The van der Waals surface area contributed by atoms with Gasteiger partial charge >= 0.3 is 0 Å². The summed E-state index contributed by atoms with van der Waals surface area (Å²) in [6, 6.07) is 0. The van der Waals surface area contributed by atoms with Gasteiger partial charge in [-0.05, 0) is 13.8 Å². The molecule has 3 fully saturated rings. The van der Waals surface area contributed by atoms with Crippen LogP contribution in [0.5, 0.6) is 0 Å². The van der Waals surface area contributed by atoms with Gasteiger partial charge in [0.2, 0.25) is 11.6 Å². The van der Waals surface area contributed by atoms with Gasteiger partial charge in [0.05, 0.1) is 11.5 Å². The third-order valence-corrected chi connectivity index (χ3v) is 3.90. The maximum atomic E-state index is 12.4. The number of carbonyl (C=O) groups excluding carboxylic acids is 3. The van der Waals surface area contributed by atoms with Crippen molar-refractivity contribution in [1.82, 2.24) is 14.7 Å². The second kappa shape index (κ2) is 7.54. The summed E-state index contributed by atoms with van der Waals surface area (Å²) in [5.41, 5.74) is 1.89. The molecule has 3 saturated heterocycles. The summed E-state index contributed by atoms with van der Waals surface area (Å²) >= 11 is 0. The van der Waals surface area contributed by atoms with Gasteiger partial charge < -0.3 is 19.8 Å². The number of carbonyl (C=O) groups is 3. The van der Waals surface area contributed by atoms with E-state index in [4.69, 9.17) is 5.11 Å². The molecule has 0 aromatic carbocycles. The van der Waals surface area contributed by atoms with Crippen molar-refractivity contribution in [1.29, 1.82) is 0 Å². The van der Waals surface area contributed by atoms with E-state index in [-0.39, 0.29) is 43.2 Å². The average Bonchev–Trinajstić information content (AvgIpc) is 3.36. The molecule has 0 aromatic rings. The summed E-state index contributed by atoms with van der Waals surface area (Å²) in [6.07, 6.45) is 2.69. The van der Waals surface area contributed by atoms with Gasteiger partial charge in [-0.15, -0.1) is 0 Å². The van der Waals surface area contributed by atoms with Crippen LogP contribution in [0.3, 0.4) is 0 Å². The molecular formula is C17H21IrN3O4. The van der Waals surface area contributed by atoms with Gasteiger partial charge in [-0.2, -0.15) is 0 Å². The van der Waals surface area contributed by atoms with Gasteiger partial charge in [-0.1, -0.05) is 0 Å². The third kappa shape index (κ3) is 4.80. The van der Waals surface area contributed by atoms with Crippen LogP contribution >= 0.6 is 0 Å². The van der Waals surface area contributed by atoms with Crippen LogP contribution in [0.4, 0.5) is 0 Å². The molecule has 7 nitrogen and oxygen atoms in total. The largest absolute Gasteiger partial charge is 0.512 e. The van der Waals surface area contributed by atoms with Gasteiger partial charge in [0.15, 0.2) is 5.78 Å². The van der Waals surface area contributed by atoms with Crippen LogP contribution in [0.15, 0.2) is 35.0 Å². The number of aliphatic hydroxyl groups is 1. The van der Waals surface area contributed by atoms with Gasteiger partial charge in [-0.3, -0.25) is 14.4 Å². The predicted molar refractivity (Wildman–Crippen MR) is 86.9 cm³/mol. The van der Waals surface area contributed by atoms with Crippen molar-refractivity contribution in [3.63, 3.8) is 0 Å². The molecule has 3 aliphatic heterocycles. The van der Waals surface area contributed by atoms with Crippen molar-refractivity contribution >= 4 is 17.3 Å². The second-order valence-corrected chi connectivity index (χ2v) is 6.28. The minimum Gasteiger partial charge on any atom is -0.512 e. The molecule has 8 heteroatoms. The third-order valence-electron chi connectivity index (χ3n) is 3.90. The number of rotatable bonds is 4. The smallest absolute Gasteiger partial charge is 0.227 e. The minimum atomic E-state index is -0.125. The van der Waals surface area contributed by atoms with Crippen LogP contribution in [-0.2, 0) is 34.5 Å². The SMILES string of the molecule is CC(=O)/C=C(/C)O.O=C1C=C(N2CC2)C(=O)C(N2CC2)=C1N1CC1.[Ir]. The van der Waals surface area contributed by atoms with Gasteiger partial charge in [0, 0.05) is 71.5 Å². The Bertz CT molecular complexity index is 695. The van der Waals surface area contributed by atoms with Crippen LogP contribution in [0.1, 0.15) is 13.8 Å². The molecule has 4 rings (SSSR count). The Morgan fingerprint density at radius 3 is 1.80 bits per heavy atom. The number of hydrogen-bond acceptors (Lipinski definition) is 7. The van der Waals surface area contributed by atoms with Crippen molar-refractivity contribution in [2.24, 2.45) is 0 Å². The van der Waals surface area contributed by atoms with E-state index >= 15 is 0 Å². The Morgan fingerprint density at radius 2 is 1.44 bits per heavy atom. The molecule has 1 N–H and O–H groups in total. The molecule has 137 valence electrons. The number of aliphatic hydroxyl groups excluding tert-OH is 1. The Kier molecular flexibility index (Phi) is 5.85. The van der Waals surface area contributed by atoms with E-state index < -0.39 is 0 Å². The van der Waals surface area contributed by atoms with E-state index in [1.807, 2.05) is 14.7 Å². The van der Waals surface area contributed by atoms with Crippen LogP contribution < -0.4 is 0 Å². The zero-order valence-corrected chi connectivity index (χ0v) is 16.6. The molecule has 0 aromatic heterocycles. The Morgan fingerprint density at radius 1 is 0.960 bits per heavy atom. The Hall–Kier alpha value is -1.92. The molecule has 1 radical (unpaired) electrons. The topological polar surface area (TPSA) is 80.5 Å². The first-order valence-corrected chi connectivity index (χ1v) is 8.06. The molecule has 0 unspecified atom stereocenters. The van der Waals surface area contributed by atoms with Crippen molar-refractivity contribution < 1.29 is 39.6 Å². The monoisotopic (exact) mass is 524 g/mol. The molecule has 0 saturated carbocycles. The number of allylic oxidation sites excluding steroid dienone is 3. The fourth-order valence-electron chi connectivity index (χ4n) is 2.57. The van der Waals surface area contributed by atoms with Gasteiger partial charge in [0.1, 0.15) is 11.4 Å². The maximum absolute atomic E-state index is 12.4. The fraction of sp³-hybridized carbons (Fsp3) is 0.471. The predicted octanol–water partition coefficient (Wildman–Crippen LogP) is 0.215. The molecule has 0 atom stereocenters. The number of hydrogen-bond donors (Lipinski definition) is 1. The number of nitrogens with zero attached hydrogens (tertiary/aromatic N) is 3. The zero-order chi connectivity index (χ0) is 17.4. The quantitative estimate of drug-likeness (QED) is 0.244. The number of ketones is 3. The molecule has 4 aliphatic rings. The molecule has 0 bridgehead atoms. The van der Waals surface area contributed by atoms with Gasteiger partial charge in [0.25, 0.3) is 0 Å². The van der Waals surface area contributed by atoms with Crippen molar-refractivity contribution in [2.45, 2.75) is 13.8 Å². The summed E-state index contributed by atoms with van der Waals surface area (Å²) in [5.74, 6) is -0.0140. The maximum Gasteiger partial charge on any atom is 0.227 e. The van der Waals surface area contributed by atoms with Crippen LogP contribution in [0, 0.1) is 0 Å². The molecule has 0 spiro atoms. The Labute approximate surface area is 160 Å². The van der Waals surface area contributed by atoms with Crippen molar-refractivity contribution in [3.05, 3.63) is 35.0 Å². The fourth-order valence-corrected chi connectivity index (χ4v) is 2.57. The summed E-state index contributed by atoms with van der Waals surface area (Å²) < 4.78 is 0. The van der Waals surface area contributed by atoms with Gasteiger partial charge in [-0.25, -0.2) is 0 Å². The second-order valence-electron chi connectivity index (χ2n) is 6.28. The minimum absolute atomic E-state index is 0. The first-order valence-electron chi connectivity index (χ1n) is 8.06. The van der Waals surface area contributed by atoms with Crippen LogP contribution in [-0.4, -0.2) is 76.4 Å². The van der Waals surface area contributed by atoms with E-state index in [0.29, 0.717) is 17.1 Å². The Balaban J connectivity index is 0.000000246. The van der Waals surface area contributed by atoms with E-state index in [1.54, 1.807) is 0 Å². The number of Topliss-reactive ketones (excluding diaryl/α,β-unsaturated/α-hetero) is 1. The van der Waals surface area contributed by atoms with Crippen molar-refractivity contribution in [2.75, 3.05) is 39.3 Å². The summed E-state index contributed by atoms with van der Waals surface area (Å²) in [4.78, 5) is 40.5.